The smallest absolute Gasteiger partial charge is 0.379 e. The van der Waals surface area contributed by atoms with Gasteiger partial charge in [0, 0.05) is 11.9 Å². The fourth-order valence-electron chi connectivity index (χ4n) is 4.13. The second-order valence-electron chi connectivity index (χ2n) is 9.76. The maximum atomic E-state index is 11.5. The van der Waals surface area contributed by atoms with Crippen molar-refractivity contribution >= 4 is 26.2 Å². The maximum absolute atomic E-state index is 11.5. The maximum Gasteiger partial charge on any atom is 0.379 e. The largest absolute Gasteiger partial charge is 0.464 e. The fraction of sp³-hybridized carbons (Fsp3) is 0.964. The Hall–Kier alpha value is -0.200. The van der Waals surface area contributed by atoms with Gasteiger partial charge in [0.05, 0.1) is 19.8 Å². The molecular formula is C28H55O6PS. The Labute approximate surface area is 227 Å². The molecule has 0 heterocycles. The van der Waals surface area contributed by atoms with Crippen LogP contribution in [0.1, 0.15) is 130 Å². The summed E-state index contributed by atoms with van der Waals surface area (Å²) >= 11 is 2.05. The van der Waals surface area contributed by atoms with E-state index < -0.39 is 20.0 Å². The van der Waals surface area contributed by atoms with Gasteiger partial charge >= 0.3 is 11.5 Å². The first kappa shape index (κ1) is 35.8. The first-order chi connectivity index (χ1) is 17.4. The summed E-state index contributed by atoms with van der Waals surface area (Å²) in [5.74, 6) is 0.113. The summed E-state index contributed by atoms with van der Waals surface area (Å²) < 4.78 is 26.7. The normalized spacial score (nSPS) is 15.0. The summed E-state index contributed by atoms with van der Waals surface area (Å²) in [5, 5.41) is 10.4. The van der Waals surface area contributed by atoms with Crippen LogP contribution in [0.4, 0.5) is 0 Å². The van der Waals surface area contributed by atoms with E-state index in [2.05, 4.69) is 37.3 Å². The van der Waals surface area contributed by atoms with Crippen molar-refractivity contribution in [3.05, 3.63) is 0 Å². The van der Waals surface area contributed by atoms with Gasteiger partial charge in [0.25, 0.3) is 0 Å². The van der Waals surface area contributed by atoms with Crippen LogP contribution in [0.2, 0.25) is 0 Å². The zero-order chi connectivity index (χ0) is 26.9. The Morgan fingerprint density at radius 3 is 1.89 bits per heavy atom. The van der Waals surface area contributed by atoms with Crippen molar-refractivity contribution in [3.8, 4) is 0 Å². The summed E-state index contributed by atoms with van der Waals surface area (Å²) in [6.45, 7) is 7.18. The van der Waals surface area contributed by atoms with Crippen LogP contribution in [0.25, 0.3) is 0 Å². The average Bonchev–Trinajstić information content (AvgIpc) is 2.89. The lowest BCUT2D eigenvalue weighted by Crippen LogP contribution is -2.37. The average molecular weight is 551 g/mol. The van der Waals surface area contributed by atoms with Gasteiger partial charge < -0.3 is 19.3 Å². The number of esters is 1. The molecule has 1 N–H and O–H groups in total. The van der Waals surface area contributed by atoms with Crippen LogP contribution in [-0.2, 0) is 23.6 Å². The molecule has 0 aliphatic carbocycles. The van der Waals surface area contributed by atoms with Crippen LogP contribution in [0.15, 0.2) is 0 Å². The molecule has 3 unspecified atom stereocenters. The molecule has 0 fully saturated rings. The molecule has 0 aliphatic heterocycles. The van der Waals surface area contributed by atoms with Gasteiger partial charge in [0.1, 0.15) is 0 Å². The van der Waals surface area contributed by atoms with E-state index in [1.54, 1.807) is 0 Å². The second-order valence-corrected chi connectivity index (χ2v) is 11.9. The molecule has 0 bridgehead atoms. The van der Waals surface area contributed by atoms with Gasteiger partial charge in [-0.1, -0.05) is 104 Å². The number of methoxy groups -OCH3 is 1. The molecule has 0 aliphatic rings. The lowest BCUT2D eigenvalue weighted by Gasteiger charge is -2.24. The van der Waals surface area contributed by atoms with Crippen LogP contribution in [0, 0.1) is 0 Å². The van der Waals surface area contributed by atoms with Gasteiger partial charge in [-0.3, -0.25) is 4.57 Å². The van der Waals surface area contributed by atoms with Gasteiger partial charge in [-0.05, 0) is 31.9 Å². The molecule has 0 rings (SSSR count). The number of ether oxygens (including phenoxy) is 3. The van der Waals surface area contributed by atoms with Gasteiger partial charge in [-0.25, -0.2) is 4.79 Å². The number of thioether (sulfide) groups is 1. The lowest BCUT2D eigenvalue weighted by atomic mass is 10.1. The van der Waals surface area contributed by atoms with E-state index in [9.17, 15) is 14.5 Å². The summed E-state index contributed by atoms with van der Waals surface area (Å²) in [6.07, 6.45) is 21.7. The predicted octanol–water partition coefficient (Wildman–Crippen LogP) is 8.29. The molecule has 3 atom stereocenters. The third-order valence-corrected chi connectivity index (χ3v) is 8.62. The molecule has 0 aromatic heterocycles. The lowest BCUT2D eigenvalue weighted by molar-refractivity contribution is -0.193. The summed E-state index contributed by atoms with van der Waals surface area (Å²) in [5.41, 5.74) is -2.44. The van der Waals surface area contributed by atoms with Crippen molar-refractivity contribution < 1.29 is 28.7 Å². The zero-order valence-electron chi connectivity index (χ0n) is 23.6. The van der Waals surface area contributed by atoms with Crippen molar-refractivity contribution in [2.45, 2.75) is 147 Å². The number of rotatable bonds is 27. The minimum Gasteiger partial charge on any atom is -0.464 e. The molecule has 0 amide bonds. The number of unbranched alkanes of at least 4 members (excludes halogenated alkanes) is 13. The van der Waals surface area contributed by atoms with E-state index in [1.807, 2.05) is 0 Å². The Morgan fingerprint density at radius 2 is 1.36 bits per heavy atom. The van der Waals surface area contributed by atoms with Crippen molar-refractivity contribution in [2.75, 3.05) is 26.1 Å². The highest BCUT2D eigenvalue weighted by atomic mass is 32.2. The molecule has 214 valence electrons. The van der Waals surface area contributed by atoms with Gasteiger partial charge in [-0.2, -0.15) is 11.8 Å². The van der Waals surface area contributed by atoms with Crippen LogP contribution >= 0.6 is 20.2 Å². The Kier molecular flexibility index (Phi) is 25.0. The monoisotopic (exact) mass is 550 g/mol. The topological polar surface area (TPSA) is 82.1 Å². The quantitative estimate of drug-likeness (QED) is 0.0477. The fourth-order valence-corrected chi connectivity index (χ4v) is 5.80. The molecule has 6 nitrogen and oxygen atoms in total. The molecule has 0 aromatic carbocycles. The SMILES string of the molecule is CCCCCCCCCCSC(CCCCCCCCC)C(C)OCCCOC(O)(P=O)C(=O)OC. The summed E-state index contributed by atoms with van der Waals surface area (Å²) in [6, 6.07) is 0. The molecule has 0 saturated heterocycles. The Morgan fingerprint density at radius 1 is 0.833 bits per heavy atom. The third kappa shape index (κ3) is 19.0. The zero-order valence-corrected chi connectivity index (χ0v) is 25.4. The van der Waals surface area contributed by atoms with E-state index in [4.69, 9.17) is 9.47 Å². The Bertz CT molecular complexity index is 524. The summed E-state index contributed by atoms with van der Waals surface area (Å²) in [4.78, 5) is 11.5. The Balaban J connectivity index is 4.33. The molecule has 0 spiro atoms. The van der Waals surface area contributed by atoms with E-state index >= 15 is 0 Å². The predicted molar refractivity (Wildman–Crippen MR) is 152 cm³/mol. The first-order valence-corrected chi connectivity index (χ1v) is 16.3. The van der Waals surface area contributed by atoms with Crippen molar-refractivity contribution in [1.29, 1.82) is 0 Å². The van der Waals surface area contributed by atoms with Gasteiger partial charge in [0.2, 0.25) is 8.46 Å². The second kappa shape index (κ2) is 25.1. The van der Waals surface area contributed by atoms with Crippen molar-refractivity contribution in [2.24, 2.45) is 0 Å². The molecule has 0 saturated carbocycles. The number of carbonyl (C=O) groups is 1. The minimum atomic E-state index is -2.44. The highest BCUT2D eigenvalue weighted by Crippen LogP contribution is 2.26. The van der Waals surface area contributed by atoms with Crippen LogP contribution < -0.4 is 0 Å². The molecule has 0 radical (unpaired) electrons. The molecular weight excluding hydrogens is 495 g/mol. The van der Waals surface area contributed by atoms with Gasteiger partial charge in [-0.15, -0.1) is 0 Å². The van der Waals surface area contributed by atoms with Crippen molar-refractivity contribution in [3.63, 3.8) is 0 Å². The molecule has 8 heteroatoms. The molecule has 0 aromatic rings. The molecule has 36 heavy (non-hydrogen) atoms. The number of carbonyl (C=O) groups excluding carboxylic acids is 1. The van der Waals surface area contributed by atoms with Crippen molar-refractivity contribution in [1.82, 2.24) is 0 Å². The highest BCUT2D eigenvalue weighted by Gasteiger charge is 2.40. The van der Waals surface area contributed by atoms with E-state index in [0.29, 0.717) is 18.3 Å². The van der Waals surface area contributed by atoms with E-state index in [-0.39, 0.29) is 12.7 Å². The summed E-state index contributed by atoms with van der Waals surface area (Å²) in [7, 11) is 0.279. The highest BCUT2D eigenvalue weighted by molar-refractivity contribution is 7.99. The number of aliphatic hydroxyl groups is 1. The standard InChI is InChI=1S/C28H55O6PS/c1-5-7-9-11-13-15-17-19-24-36-26(21-18-16-14-12-10-8-6-2)25(3)33-22-20-23-34-28(30,35-31)27(29)32-4/h25-26,30H,5-24H2,1-4H3. The van der Waals surface area contributed by atoms with E-state index in [1.165, 1.54) is 108 Å². The minimum absolute atomic E-state index is 0.0569. The first-order valence-electron chi connectivity index (χ1n) is 14.5. The van der Waals surface area contributed by atoms with Crippen LogP contribution in [-0.4, -0.2) is 54.0 Å². The number of hydrogen-bond donors (Lipinski definition) is 1. The number of hydrogen-bond acceptors (Lipinski definition) is 7. The van der Waals surface area contributed by atoms with E-state index in [0.717, 1.165) is 7.11 Å². The van der Waals surface area contributed by atoms with Crippen LogP contribution in [0.3, 0.4) is 0 Å². The van der Waals surface area contributed by atoms with Crippen LogP contribution in [0.5, 0.6) is 0 Å². The third-order valence-electron chi connectivity index (χ3n) is 6.49. The van der Waals surface area contributed by atoms with Gasteiger partial charge in [0.15, 0.2) is 0 Å².